The highest BCUT2D eigenvalue weighted by atomic mass is 32.1. The first-order chi connectivity index (χ1) is 9.24. The Labute approximate surface area is 119 Å². The Hall–Kier alpha value is -0.940. The highest BCUT2D eigenvalue weighted by molar-refractivity contribution is 7.09. The molecule has 0 aliphatic carbocycles. The molecule has 2 rings (SSSR count). The lowest BCUT2D eigenvalue weighted by atomic mass is 10.1. The topological polar surface area (TPSA) is 45.2 Å². The quantitative estimate of drug-likeness (QED) is 0.811. The Morgan fingerprint density at radius 2 is 2.21 bits per heavy atom. The van der Waals surface area contributed by atoms with Crippen molar-refractivity contribution < 1.29 is 4.79 Å². The molecule has 19 heavy (non-hydrogen) atoms. The van der Waals surface area contributed by atoms with E-state index in [1.165, 1.54) is 32.4 Å². The van der Waals surface area contributed by atoms with Crippen LogP contribution in [0, 0.1) is 6.92 Å². The molecule has 1 aliphatic rings. The molecule has 0 saturated carbocycles. The van der Waals surface area contributed by atoms with Gasteiger partial charge in [-0.25, -0.2) is 4.98 Å². The van der Waals surface area contributed by atoms with E-state index in [4.69, 9.17) is 0 Å². The van der Waals surface area contributed by atoms with Gasteiger partial charge in [0.1, 0.15) is 0 Å². The van der Waals surface area contributed by atoms with Gasteiger partial charge in [0.15, 0.2) is 0 Å². The Morgan fingerprint density at radius 3 is 2.89 bits per heavy atom. The number of thiazole rings is 1. The van der Waals surface area contributed by atoms with Crippen molar-refractivity contribution >= 4 is 17.2 Å². The molecule has 0 unspecified atom stereocenters. The molecule has 106 valence electrons. The van der Waals surface area contributed by atoms with Crippen LogP contribution in [0.4, 0.5) is 0 Å². The van der Waals surface area contributed by atoms with Crippen molar-refractivity contribution in [1.82, 2.24) is 15.2 Å². The summed E-state index contributed by atoms with van der Waals surface area (Å²) >= 11 is 1.60. The first-order valence-electron chi connectivity index (χ1n) is 7.14. The Kier molecular flexibility index (Phi) is 5.79. The zero-order valence-corrected chi connectivity index (χ0v) is 12.5. The number of hydrogen-bond acceptors (Lipinski definition) is 4. The minimum absolute atomic E-state index is 0.0870. The summed E-state index contributed by atoms with van der Waals surface area (Å²) in [5, 5.41) is 5.96. The van der Waals surface area contributed by atoms with Crippen LogP contribution in [-0.4, -0.2) is 42.0 Å². The van der Waals surface area contributed by atoms with Crippen LogP contribution < -0.4 is 5.32 Å². The molecule has 0 bridgehead atoms. The zero-order chi connectivity index (χ0) is 13.5. The highest BCUT2D eigenvalue weighted by Gasteiger charge is 2.10. The third-order valence-corrected chi connectivity index (χ3v) is 4.25. The number of nitrogens with zero attached hydrogens (tertiary/aromatic N) is 2. The van der Waals surface area contributed by atoms with E-state index < -0.39 is 0 Å². The van der Waals surface area contributed by atoms with Crippen LogP contribution in [-0.2, 0) is 11.2 Å². The van der Waals surface area contributed by atoms with Crippen molar-refractivity contribution in [1.29, 1.82) is 0 Å². The first-order valence-corrected chi connectivity index (χ1v) is 8.02. The van der Waals surface area contributed by atoms with Gasteiger partial charge in [0.05, 0.1) is 17.1 Å². The SMILES string of the molecule is Cc1nc(CC(=O)NCCCN2CCCCC2)cs1. The summed E-state index contributed by atoms with van der Waals surface area (Å²) in [4.78, 5) is 18.5. The van der Waals surface area contributed by atoms with Gasteiger partial charge in [0.25, 0.3) is 0 Å². The van der Waals surface area contributed by atoms with Gasteiger partial charge < -0.3 is 10.2 Å². The zero-order valence-electron chi connectivity index (χ0n) is 11.7. The molecule has 1 aliphatic heterocycles. The fourth-order valence-corrected chi connectivity index (χ4v) is 3.04. The Bertz CT molecular complexity index is 399. The summed E-state index contributed by atoms with van der Waals surface area (Å²) < 4.78 is 0. The summed E-state index contributed by atoms with van der Waals surface area (Å²) in [6.07, 6.45) is 5.49. The van der Waals surface area contributed by atoms with Crippen molar-refractivity contribution in [2.45, 2.75) is 39.0 Å². The molecule has 1 N–H and O–H groups in total. The average molecular weight is 281 g/mol. The van der Waals surface area contributed by atoms with Crippen LogP contribution in [0.3, 0.4) is 0 Å². The van der Waals surface area contributed by atoms with Crippen molar-refractivity contribution in [2.24, 2.45) is 0 Å². The summed E-state index contributed by atoms with van der Waals surface area (Å²) in [7, 11) is 0. The molecule has 0 atom stereocenters. The number of aryl methyl sites for hydroxylation is 1. The predicted molar refractivity (Wildman–Crippen MR) is 78.5 cm³/mol. The summed E-state index contributed by atoms with van der Waals surface area (Å²) in [6, 6.07) is 0. The Balaban J connectivity index is 1.56. The van der Waals surface area contributed by atoms with E-state index in [1.54, 1.807) is 11.3 Å². The minimum atomic E-state index is 0.0870. The first kappa shape index (κ1) is 14.5. The average Bonchev–Trinajstić information content (AvgIpc) is 2.81. The lowest BCUT2D eigenvalue weighted by Crippen LogP contribution is -2.33. The Morgan fingerprint density at radius 1 is 1.42 bits per heavy atom. The molecule has 1 fully saturated rings. The summed E-state index contributed by atoms with van der Waals surface area (Å²) in [5.74, 6) is 0.0870. The van der Waals surface area contributed by atoms with Crippen molar-refractivity contribution in [3.8, 4) is 0 Å². The molecule has 1 saturated heterocycles. The number of likely N-dealkylation sites (tertiary alicyclic amines) is 1. The van der Waals surface area contributed by atoms with E-state index >= 15 is 0 Å². The lowest BCUT2D eigenvalue weighted by Gasteiger charge is -2.26. The maximum atomic E-state index is 11.7. The van der Waals surface area contributed by atoms with E-state index in [-0.39, 0.29) is 5.91 Å². The standard InChI is InChI=1S/C14H23N3OS/c1-12-16-13(11-19-12)10-14(18)15-6-5-9-17-7-3-2-4-8-17/h11H,2-10H2,1H3,(H,15,18). The molecular weight excluding hydrogens is 258 g/mol. The lowest BCUT2D eigenvalue weighted by molar-refractivity contribution is -0.120. The molecule has 1 aromatic heterocycles. The highest BCUT2D eigenvalue weighted by Crippen LogP contribution is 2.09. The smallest absolute Gasteiger partial charge is 0.226 e. The second-order valence-electron chi connectivity index (χ2n) is 5.14. The molecule has 0 radical (unpaired) electrons. The van der Waals surface area contributed by atoms with Crippen LogP contribution >= 0.6 is 11.3 Å². The van der Waals surface area contributed by atoms with Gasteiger partial charge >= 0.3 is 0 Å². The number of carbonyl (C=O) groups is 1. The van der Waals surface area contributed by atoms with Gasteiger partial charge in [0.2, 0.25) is 5.91 Å². The number of aromatic nitrogens is 1. The van der Waals surface area contributed by atoms with E-state index in [0.717, 1.165) is 30.2 Å². The molecule has 0 spiro atoms. The second kappa shape index (κ2) is 7.60. The second-order valence-corrected chi connectivity index (χ2v) is 6.20. The molecule has 1 amide bonds. The van der Waals surface area contributed by atoms with Crippen LogP contribution in [0.1, 0.15) is 36.4 Å². The molecular formula is C14H23N3OS. The molecule has 1 aromatic rings. The fourth-order valence-electron chi connectivity index (χ4n) is 2.43. The van der Waals surface area contributed by atoms with Gasteiger partial charge in [-0.3, -0.25) is 4.79 Å². The molecule has 2 heterocycles. The van der Waals surface area contributed by atoms with Gasteiger partial charge in [-0.15, -0.1) is 11.3 Å². The van der Waals surface area contributed by atoms with E-state index in [2.05, 4.69) is 15.2 Å². The number of piperidine rings is 1. The van der Waals surface area contributed by atoms with Crippen LogP contribution in [0.5, 0.6) is 0 Å². The third-order valence-electron chi connectivity index (χ3n) is 3.43. The number of hydrogen-bond donors (Lipinski definition) is 1. The van der Waals surface area contributed by atoms with E-state index in [9.17, 15) is 4.79 Å². The van der Waals surface area contributed by atoms with Crippen molar-refractivity contribution in [2.75, 3.05) is 26.2 Å². The normalized spacial score (nSPS) is 16.5. The van der Waals surface area contributed by atoms with Crippen molar-refractivity contribution in [3.63, 3.8) is 0 Å². The fraction of sp³-hybridized carbons (Fsp3) is 0.714. The van der Waals surface area contributed by atoms with E-state index in [0.29, 0.717) is 6.42 Å². The maximum Gasteiger partial charge on any atom is 0.226 e. The molecule has 5 heteroatoms. The van der Waals surface area contributed by atoms with E-state index in [1.807, 2.05) is 12.3 Å². The number of rotatable bonds is 6. The largest absolute Gasteiger partial charge is 0.356 e. The predicted octanol–water partition coefficient (Wildman–Crippen LogP) is 1.99. The van der Waals surface area contributed by atoms with Gasteiger partial charge in [-0.1, -0.05) is 6.42 Å². The van der Waals surface area contributed by atoms with Crippen LogP contribution in [0.25, 0.3) is 0 Å². The number of amides is 1. The van der Waals surface area contributed by atoms with Gasteiger partial charge in [0, 0.05) is 11.9 Å². The van der Waals surface area contributed by atoms with Crippen LogP contribution in [0.15, 0.2) is 5.38 Å². The van der Waals surface area contributed by atoms with Gasteiger partial charge in [-0.05, 0) is 45.8 Å². The minimum Gasteiger partial charge on any atom is -0.356 e. The summed E-state index contributed by atoms with van der Waals surface area (Å²) in [5.41, 5.74) is 0.885. The van der Waals surface area contributed by atoms with Crippen molar-refractivity contribution in [3.05, 3.63) is 16.1 Å². The molecule has 0 aromatic carbocycles. The summed E-state index contributed by atoms with van der Waals surface area (Å²) in [6.45, 7) is 6.30. The monoisotopic (exact) mass is 281 g/mol. The van der Waals surface area contributed by atoms with Crippen LogP contribution in [0.2, 0.25) is 0 Å². The van der Waals surface area contributed by atoms with Gasteiger partial charge in [-0.2, -0.15) is 0 Å². The number of nitrogens with one attached hydrogen (secondary N) is 1. The maximum absolute atomic E-state index is 11.7. The third kappa shape index (κ3) is 5.28. The molecule has 4 nitrogen and oxygen atoms in total. The number of carbonyl (C=O) groups excluding carboxylic acids is 1.